The summed E-state index contributed by atoms with van der Waals surface area (Å²) in [6.07, 6.45) is 3.66. The van der Waals surface area contributed by atoms with Crippen LogP contribution in [0, 0.1) is 12.7 Å². The van der Waals surface area contributed by atoms with Crippen LogP contribution in [0.5, 0.6) is 5.75 Å². The van der Waals surface area contributed by atoms with Crippen molar-refractivity contribution in [1.82, 2.24) is 10.3 Å². The van der Waals surface area contributed by atoms with E-state index in [1.54, 1.807) is 13.3 Å². The Morgan fingerprint density at radius 3 is 2.76 bits per heavy atom. The molecule has 4 heteroatoms. The van der Waals surface area contributed by atoms with E-state index in [9.17, 15) is 4.39 Å². The average molecular weight is 288 g/mol. The molecular weight excluding hydrogens is 267 g/mol. The van der Waals surface area contributed by atoms with Crippen LogP contribution in [0.15, 0.2) is 36.7 Å². The molecule has 0 bridgehead atoms. The molecular formula is C17H21FN2O. The quantitative estimate of drug-likeness (QED) is 0.884. The second kappa shape index (κ2) is 7.18. The van der Waals surface area contributed by atoms with Gasteiger partial charge in [-0.05, 0) is 43.1 Å². The van der Waals surface area contributed by atoms with E-state index in [4.69, 9.17) is 4.74 Å². The molecule has 0 aliphatic rings. The van der Waals surface area contributed by atoms with E-state index in [2.05, 4.69) is 23.3 Å². The monoisotopic (exact) mass is 288 g/mol. The molecule has 0 saturated heterocycles. The Morgan fingerprint density at radius 1 is 1.29 bits per heavy atom. The molecule has 0 saturated carbocycles. The molecule has 0 aliphatic heterocycles. The second-order valence-corrected chi connectivity index (χ2v) is 5.07. The number of hydrogen-bond acceptors (Lipinski definition) is 3. The Bertz CT molecular complexity index is 601. The third kappa shape index (κ3) is 4.02. The Morgan fingerprint density at radius 2 is 2.10 bits per heavy atom. The van der Waals surface area contributed by atoms with E-state index < -0.39 is 0 Å². The van der Waals surface area contributed by atoms with E-state index in [1.807, 2.05) is 19.1 Å². The molecule has 0 fully saturated rings. The Kier molecular flexibility index (Phi) is 5.28. The molecule has 1 heterocycles. The minimum absolute atomic E-state index is 0.00824. The van der Waals surface area contributed by atoms with Crippen molar-refractivity contribution in [2.24, 2.45) is 0 Å². The summed E-state index contributed by atoms with van der Waals surface area (Å²) in [7, 11) is 1.67. The van der Waals surface area contributed by atoms with Crippen LogP contribution in [0.1, 0.15) is 29.7 Å². The van der Waals surface area contributed by atoms with Gasteiger partial charge in [-0.15, -0.1) is 0 Å². The van der Waals surface area contributed by atoms with E-state index in [1.165, 1.54) is 17.8 Å². The maximum Gasteiger partial charge on any atom is 0.141 e. The summed E-state index contributed by atoms with van der Waals surface area (Å²) in [5.74, 6) is 0.541. The number of rotatable bonds is 6. The summed E-state index contributed by atoms with van der Waals surface area (Å²) in [6.45, 7) is 4.89. The van der Waals surface area contributed by atoms with Crippen molar-refractivity contribution >= 4 is 0 Å². The second-order valence-electron chi connectivity index (χ2n) is 5.07. The van der Waals surface area contributed by atoms with Crippen molar-refractivity contribution in [1.29, 1.82) is 0 Å². The molecule has 0 aliphatic carbocycles. The van der Waals surface area contributed by atoms with Crippen LogP contribution in [0.3, 0.4) is 0 Å². The van der Waals surface area contributed by atoms with Gasteiger partial charge in [0.05, 0.1) is 13.3 Å². The highest BCUT2D eigenvalue weighted by molar-refractivity contribution is 5.38. The van der Waals surface area contributed by atoms with E-state index in [-0.39, 0.29) is 11.9 Å². The first-order valence-corrected chi connectivity index (χ1v) is 7.11. The molecule has 0 spiro atoms. The predicted octanol–water partition coefficient (Wildman–Crippen LogP) is 3.43. The van der Waals surface area contributed by atoms with Gasteiger partial charge < -0.3 is 10.1 Å². The Balaban J connectivity index is 2.30. The number of methoxy groups -OCH3 is 1. The minimum Gasteiger partial charge on any atom is -0.496 e. The number of aromatic nitrogens is 1. The Labute approximate surface area is 125 Å². The fourth-order valence-electron chi connectivity index (χ4n) is 2.46. The summed E-state index contributed by atoms with van der Waals surface area (Å²) in [5.41, 5.74) is 3.13. The largest absolute Gasteiger partial charge is 0.496 e. The zero-order valence-electron chi connectivity index (χ0n) is 12.7. The van der Waals surface area contributed by atoms with Gasteiger partial charge in [0.2, 0.25) is 0 Å². The minimum atomic E-state index is -0.313. The lowest BCUT2D eigenvalue weighted by molar-refractivity contribution is 0.405. The number of hydrogen-bond donors (Lipinski definition) is 1. The molecule has 112 valence electrons. The van der Waals surface area contributed by atoms with E-state index >= 15 is 0 Å². The normalized spacial score (nSPS) is 12.2. The highest BCUT2D eigenvalue weighted by Crippen LogP contribution is 2.26. The van der Waals surface area contributed by atoms with Crippen LogP contribution in [-0.2, 0) is 6.42 Å². The van der Waals surface area contributed by atoms with Crippen molar-refractivity contribution in [3.05, 3.63) is 59.2 Å². The standard InChI is InChI=1S/C17H21FN2O/c1-4-20-16(14-8-15(18)11-19-10-14)9-13-7-12(2)5-6-17(13)21-3/h5-8,10-11,16,20H,4,9H2,1-3H3. The van der Waals surface area contributed by atoms with Gasteiger partial charge in [0.15, 0.2) is 0 Å². The fourth-order valence-corrected chi connectivity index (χ4v) is 2.46. The topological polar surface area (TPSA) is 34.1 Å². The SMILES string of the molecule is CCNC(Cc1cc(C)ccc1OC)c1cncc(F)c1. The van der Waals surface area contributed by atoms with Gasteiger partial charge in [-0.2, -0.15) is 0 Å². The summed E-state index contributed by atoms with van der Waals surface area (Å²) >= 11 is 0. The summed E-state index contributed by atoms with van der Waals surface area (Å²) in [4.78, 5) is 3.94. The molecule has 1 unspecified atom stereocenters. The number of nitrogens with zero attached hydrogens (tertiary/aromatic N) is 1. The number of nitrogens with one attached hydrogen (secondary N) is 1. The van der Waals surface area contributed by atoms with E-state index in [0.717, 1.165) is 29.8 Å². The number of halogens is 1. The maximum atomic E-state index is 13.4. The van der Waals surface area contributed by atoms with Crippen LogP contribution >= 0.6 is 0 Å². The lowest BCUT2D eigenvalue weighted by atomic mass is 9.98. The summed E-state index contributed by atoms with van der Waals surface area (Å²) in [5, 5.41) is 3.38. The number of ether oxygens (including phenoxy) is 1. The maximum absolute atomic E-state index is 13.4. The molecule has 3 nitrogen and oxygen atoms in total. The Hall–Kier alpha value is -1.94. The van der Waals surface area contributed by atoms with Gasteiger partial charge in [-0.1, -0.05) is 24.6 Å². The smallest absolute Gasteiger partial charge is 0.141 e. The van der Waals surface area contributed by atoms with Crippen molar-refractivity contribution in [3.8, 4) is 5.75 Å². The highest BCUT2D eigenvalue weighted by Gasteiger charge is 2.15. The van der Waals surface area contributed by atoms with Crippen LogP contribution in [0.4, 0.5) is 4.39 Å². The third-order valence-electron chi connectivity index (χ3n) is 3.44. The molecule has 1 aromatic carbocycles. The zero-order valence-corrected chi connectivity index (χ0v) is 12.7. The van der Waals surface area contributed by atoms with Gasteiger partial charge in [0, 0.05) is 12.2 Å². The molecule has 0 radical (unpaired) electrons. The van der Waals surface area contributed by atoms with Crippen molar-refractivity contribution < 1.29 is 9.13 Å². The number of likely N-dealkylation sites (N-methyl/N-ethyl adjacent to an activating group) is 1. The number of aryl methyl sites for hydroxylation is 1. The molecule has 1 N–H and O–H groups in total. The van der Waals surface area contributed by atoms with Crippen LogP contribution in [-0.4, -0.2) is 18.6 Å². The highest BCUT2D eigenvalue weighted by atomic mass is 19.1. The third-order valence-corrected chi connectivity index (χ3v) is 3.44. The first-order valence-electron chi connectivity index (χ1n) is 7.11. The summed E-state index contributed by atoms with van der Waals surface area (Å²) in [6, 6.07) is 7.64. The zero-order chi connectivity index (χ0) is 15.2. The van der Waals surface area contributed by atoms with Gasteiger partial charge >= 0.3 is 0 Å². The molecule has 2 rings (SSSR count). The van der Waals surface area contributed by atoms with Crippen LogP contribution in [0.2, 0.25) is 0 Å². The molecule has 21 heavy (non-hydrogen) atoms. The first kappa shape index (κ1) is 15.4. The van der Waals surface area contributed by atoms with Crippen molar-refractivity contribution in [3.63, 3.8) is 0 Å². The van der Waals surface area contributed by atoms with Gasteiger partial charge in [0.1, 0.15) is 11.6 Å². The van der Waals surface area contributed by atoms with Crippen molar-refractivity contribution in [2.45, 2.75) is 26.3 Å². The first-order chi connectivity index (χ1) is 10.1. The van der Waals surface area contributed by atoms with Gasteiger partial charge in [0.25, 0.3) is 0 Å². The average Bonchev–Trinajstić information content (AvgIpc) is 2.47. The lowest BCUT2D eigenvalue weighted by Gasteiger charge is -2.20. The lowest BCUT2D eigenvalue weighted by Crippen LogP contribution is -2.23. The van der Waals surface area contributed by atoms with Crippen LogP contribution < -0.4 is 10.1 Å². The van der Waals surface area contributed by atoms with Gasteiger partial charge in [-0.3, -0.25) is 4.98 Å². The molecule has 2 aromatic rings. The number of pyridine rings is 1. The molecule has 1 aromatic heterocycles. The fraction of sp³-hybridized carbons (Fsp3) is 0.353. The van der Waals surface area contributed by atoms with Crippen LogP contribution in [0.25, 0.3) is 0 Å². The van der Waals surface area contributed by atoms with E-state index in [0.29, 0.717) is 0 Å². The summed E-state index contributed by atoms with van der Waals surface area (Å²) < 4.78 is 18.8. The molecule has 1 atom stereocenters. The number of benzene rings is 1. The molecule has 0 amide bonds. The van der Waals surface area contributed by atoms with Gasteiger partial charge in [-0.25, -0.2) is 4.39 Å². The van der Waals surface area contributed by atoms with Crippen molar-refractivity contribution in [2.75, 3.05) is 13.7 Å². The predicted molar refractivity (Wildman–Crippen MR) is 82.0 cm³/mol.